The van der Waals surface area contributed by atoms with E-state index in [0.717, 1.165) is 37.8 Å². The van der Waals surface area contributed by atoms with E-state index in [9.17, 15) is 4.79 Å². The Morgan fingerprint density at radius 3 is 2.71 bits per heavy atom. The van der Waals surface area contributed by atoms with E-state index in [4.69, 9.17) is 5.73 Å². The first-order chi connectivity index (χ1) is 8.15. The molecule has 0 saturated carbocycles. The van der Waals surface area contributed by atoms with E-state index >= 15 is 0 Å². The third kappa shape index (κ3) is 5.07. The number of hydrogen-bond acceptors (Lipinski definition) is 2. The summed E-state index contributed by atoms with van der Waals surface area (Å²) in [5, 5.41) is 0. The van der Waals surface area contributed by atoms with Crippen LogP contribution in [0.4, 0.5) is 0 Å². The molecule has 1 heterocycles. The molecule has 0 bridgehead atoms. The zero-order valence-electron chi connectivity index (χ0n) is 11.5. The number of rotatable bonds is 5. The molecule has 17 heavy (non-hydrogen) atoms. The largest absolute Gasteiger partial charge is 0.343 e. The van der Waals surface area contributed by atoms with Crippen LogP contribution < -0.4 is 5.73 Å². The van der Waals surface area contributed by atoms with Crippen molar-refractivity contribution in [2.75, 3.05) is 19.6 Å². The molecule has 0 radical (unpaired) electrons. The average molecular weight is 240 g/mol. The highest BCUT2D eigenvalue weighted by Gasteiger charge is 2.21. The number of likely N-dealkylation sites (tertiary alicyclic amines) is 1. The Morgan fingerprint density at radius 1 is 1.29 bits per heavy atom. The smallest absolute Gasteiger partial charge is 0.222 e. The van der Waals surface area contributed by atoms with Gasteiger partial charge in [-0.15, -0.1) is 0 Å². The van der Waals surface area contributed by atoms with Gasteiger partial charge in [-0.25, -0.2) is 0 Å². The van der Waals surface area contributed by atoms with Gasteiger partial charge in [-0.05, 0) is 50.5 Å². The van der Waals surface area contributed by atoms with Gasteiger partial charge in [-0.1, -0.05) is 13.8 Å². The fourth-order valence-electron chi connectivity index (χ4n) is 2.62. The Balaban J connectivity index is 2.32. The maximum Gasteiger partial charge on any atom is 0.222 e. The first-order valence-electron chi connectivity index (χ1n) is 7.13. The number of amides is 1. The second kappa shape index (κ2) is 7.70. The topological polar surface area (TPSA) is 46.3 Å². The second-order valence-electron chi connectivity index (χ2n) is 5.56. The minimum Gasteiger partial charge on any atom is -0.343 e. The second-order valence-corrected chi connectivity index (χ2v) is 5.56. The number of carbonyl (C=O) groups is 1. The van der Waals surface area contributed by atoms with Crippen LogP contribution in [-0.4, -0.2) is 30.4 Å². The molecule has 1 unspecified atom stereocenters. The minimum atomic E-state index is 0.336. The zero-order chi connectivity index (χ0) is 12.7. The van der Waals surface area contributed by atoms with Gasteiger partial charge < -0.3 is 10.6 Å². The van der Waals surface area contributed by atoms with Crippen molar-refractivity contribution in [1.29, 1.82) is 0 Å². The van der Waals surface area contributed by atoms with Crippen molar-refractivity contribution in [3.05, 3.63) is 0 Å². The lowest BCUT2D eigenvalue weighted by Crippen LogP contribution is -2.32. The lowest BCUT2D eigenvalue weighted by molar-refractivity contribution is -0.131. The number of nitrogens with two attached hydrogens (primary N) is 1. The highest BCUT2D eigenvalue weighted by atomic mass is 16.2. The Kier molecular flexibility index (Phi) is 6.56. The van der Waals surface area contributed by atoms with Crippen LogP contribution >= 0.6 is 0 Å². The lowest BCUT2D eigenvalue weighted by Gasteiger charge is -2.21. The van der Waals surface area contributed by atoms with E-state index < -0.39 is 0 Å². The van der Waals surface area contributed by atoms with Crippen molar-refractivity contribution in [3.8, 4) is 0 Å². The van der Waals surface area contributed by atoms with E-state index in [2.05, 4.69) is 18.7 Å². The van der Waals surface area contributed by atoms with Crippen molar-refractivity contribution in [3.63, 3.8) is 0 Å². The molecule has 0 spiro atoms. The highest BCUT2D eigenvalue weighted by molar-refractivity contribution is 5.76. The molecule has 0 aromatic carbocycles. The zero-order valence-corrected chi connectivity index (χ0v) is 11.5. The molecule has 3 heteroatoms. The maximum atomic E-state index is 12.0. The standard InChI is InChI=1S/C14H28N2O/c1-12(2)13-6-5-10-16(11-8-13)14(17)7-3-4-9-15/h12-13H,3-11,15H2,1-2H3. The number of unbranched alkanes of at least 4 members (excludes halogenated alkanes) is 1. The van der Waals surface area contributed by atoms with E-state index in [-0.39, 0.29) is 0 Å². The van der Waals surface area contributed by atoms with Crippen molar-refractivity contribution in [2.45, 2.75) is 52.4 Å². The number of hydrogen-bond donors (Lipinski definition) is 1. The summed E-state index contributed by atoms with van der Waals surface area (Å²) >= 11 is 0. The van der Waals surface area contributed by atoms with Gasteiger partial charge >= 0.3 is 0 Å². The molecular formula is C14H28N2O. The Bertz CT molecular complexity index is 228. The molecule has 1 saturated heterocycles. The molecule has 1 aliphatic rings. The van der Waals surface area contributed by atoms with Gasteiger partial charge in [0.15, 0.2) is 0 Å². The first kappa shape index (κ1) is 14.5. The predicted octanol–water partition coefficient (Wildman–Crippen LogP) is 2.40. The van der Waals surface area contributed by atoms with Gasteiger partial charge in [0.05, 0.1) is 0 Å². The van der Waals surface area contributed by atoms with Crippen LogP contribution in [-0.2, 0) is 4.79 Å². The van der Waals surface area contributed by atoms with Gasteiger partial charge in [-0.2, -0.15) is 0 Å². The van der Waals surface area contributed by atoms with Gasteiger partial charge in [0, 0.05) is 19.5 Å². The third-order valence-electron chi connectivity index (χ3n) is 3.91. The van der Waals surface area contributed by atoms with Crippen LogP contribution in [0.2, 0.25) is 0 Å². The summed E-state index contributed by atoms with van der Waals surface area (Å²) < 4.78 is 0. The Labute approximate surface area is 106 Å². The van der Waals surface area contributed by atoms with Crippen molar-refractivity contribution in [2.24, 2.45) is 17.6 Å². The summed E-state index contributed by atoms with van der Waals surface area (Å²) in [4.78, 5) is 14.1. The molecule has 2 N–H and O–H groups in total. The summed E-state index contributed by atoms with van der Waals surface area (Å²) in [5.41, 5.74) is 5.44. The summed E-state index contributed by atoms with van der Waals surface area (Å²) in [6.45, 7) is 7.21. The average Bonchev–Trinajstić information content (AvgIpc) is 2.54. The summed E-state index contributed by atoms with van der Waals surface area (Å²) in [7, 11) is 0. The Hall–Kier alpha value is -0.570. The fourth-order valence-corrected chi connectivity index (χ4v) is 2.62. The predicted molar refractivity (Wildman–Crippen MR) is 71.7 cm³/mol. The normalized spacial score (nSPS) is 21.6. The fraction of sp³-hybridized carbons (Fsp3) is 0.929. The van der Waals surface area contributed by atoms with Crippen molar-refractivity contribution in [1.82, 2.24) is 4.90 Å². The third-order valence-corrected chi connectivity index (χ3v) is 3.91. The van der Waals surface area contributed by atoms with E-state index in [1.54, 1.807) is 0 Å². The monoisotopic (exact) mass is 240 g/mol. The Morgan fingerprint density at radius 2 is 2.06 bits per heavy atom. The van der Waals surface area contributed by atoms with Gasteiger partial charge in [-0.3, -0.25) is 4.79 Å². The molecule has 1 rings (SSSR count). The minimum absolute atomic E-state index is 0.336. The molecular weight excluding hydrogens is 212 g/mol. The van der Waals surface area contributed by atoms with Crippen LogP contribution in [0.25, 0.3) is 0 Å². The molecule has 0 aromatic heterocycles. The van der Waals surface area contributed by atoms with Gasteiger partial charge in [0.25, 0.3) is 0 Å². The number of nitrogens with zero attached hydrogens (tertiary/aromatic N) is 1. The SMILES string of the molecule is CC(C)C1CCCN(C(=O)CCCCN)CC1. The van der Waals surface area contributed by atoms with E-state index in [1.165, 1.54) is 19.3 Å². The molecule has 0 aliphatic carbocycles. The maximum absolute atomic E-state index is 12.0. The van der Waals surface area contributed by atoms with Crippen LogP contribution in [0.5, 0.6) is 0 Å². The van der Waals surface area contributed by atoms with Crippen LogP contribution in [0.3, 0.4) is 0 Å². The van der Waals surface area contributed by atoms with Crippen LogP contribution in [0.1, 0.15) is 52.4 Å². The van der Waals surface area contributed by atoms with E-state index in [1.807, 2.05) is 0 Å². The quantitative estimate of drug-likeness (QED) is 0.750. The molecule has 100 valence electrons. The summed E-state index contributed by atoms with van der Waals surface area (Å²) in [5.74, 6) is 1.89. The highest BCUT2D eigenvalue weighted by Crippen LogP contribution is 2.24. The lowest BCUT2D eigenvalue weighted by atomic mass is 9.89. The molecule has 3 nitrogen and oxygen atoms in total. The first-order valence-corrected chi connectivity index (χ1v) is 7.13. The van der Waals surface area contributed by atoms with Crippen LogP contribution in [0.15, 0.2) is 0 Å². The molecule has 0 aromatic rings. The van der Waals surface area contributed by atoms with Gasteiger partial charge in [0.2, 0.25) is 5.91 Å². The molecule has 1 aliphatic heterocycles. The van der Waals surface area contributed by atoms with Gasteiger partial charge in [0.1, 0.15) is 0 Å². The van der Waals surface area contributed by atoms with Crippen LogP contribution in [0, 0.1) is 11.8 Å². The molecule has 1 fully saturated rings. The van der Waals surface area contributed by atoms with Crippen molar-refractivity contribution < 1.29 is 4.79 Å². The van der Waals surface area contributed by atoms with Crippen molar-refractivity contribution >= 4 is 5.91 Å². The molecule has 1 amide bonds. The summed E-state index contributed by atoms with van der Waals surface area (Å²) in [6.07, 6.45) is 6.23. The number of carbonyl (C=O) groups excluding carboxylic acids is 1. The molecule has 1 atom stereocenters. The van der Waals surface area contributed by atoms with E-state index in [0.29, 0.717) is 18.9 Å². The summed E-state index contributed by atoms with van der Waals surface area (Å²) in [6, 6.07) is 0.